The molecule has 2 aliphatic heterocycles. The maximum atomic E-state index is 12.2. The van der Waals surface area contributed by atoms with Crippen molar-refractivity contribution < 1.29 is 14.3 Å². The average molecular weight is 345 g/mol. The Hall–Kier alpha value is -1.98. The second-order valence-corrected chi connectivity index (χ2v) is 8.47. The van der Waals surface area contributed by atoms with Gasteiger partial charge >= 0.3 is 6.09 Å². The van der Waals surface area contributed by atoms with E-state index in [9.17, 15) is 4.79 Å². The first-order valence-corrected chi connectivity index (χ1v) is 9.21. The van der Waals surface area contributed by atoms with Crippen LogP contribution in [-0.2, 0) is 4.74 Å². The van der Waals surface area contributed by atoms with Crippen molar-refractivity contribution in [2.45, 2.75) is 45.3 Å². The Balaban J connectivity index is 1.30. The molecule has 0 spiro atoms. The summed E-state index contributed by atoms with van der Waals surface area (Å²) in [4.78, 5) is 20.6. The van der Waals surface area contributed by atoms with Gasteiger partial charge in [-0.05, 0) is 45.4 Å². The number of hydrogen-bond acceptors (Lipinski definition) is 5. The number of fused-ring (bicyclic) bond motifs is 1. The highest BCUT2D eigenvalue weighted by molar-refractivity contribution is 5.69. The number of rotatable bonds is 4. The van der Waals surface area contributed by atoms with Gasteiger partial charge in [-0.15, -0.1) is 0 Å². The maximum absolute atomic E-state index is 12.2. The van der Waals surface area contributed by atoms with Crippen LogP contribution in [0, 0.1) is 11.8 Å². The van der Waals surface area contributed by atoms with Crippen molar-refractivity contribution in [1.82, 2.24) is 9.88 Å². The molecule has 25 heavy (non-hydrogen) atoms. The van der Waals surface area contributed by atoms with Gasteiger partial charge in [0.1, 0.15) is 18.0 Å². The number of carbonyl (C=O) groups is 1. The van der Waals surface area contributed by atoms with Crippen molar-refractivity contribution in [2.75, 3.05) is 31.1 Å². The van der Waals surface area contributed by atoms with Crippen molar-refractivity contribution in [1.29, 1.82) is 0 Å². The lowest BCUT2D eigenvalue weighted by atomic mass is 10.1. The highest BCUT2D eigenvalue weighted by Crippen LogP contribution is 2.46. The van der Waals surface area contributed by atoms with Crippen molar-refractivity contribution in [2.24, 2.45) is 11.8 Å². The molecule has 6 nitrogen and oxygen atoms in total. The predicted molar refractivity (Wildman–Crippen MR) is 94.9 cm³/mol. The fourth-order valence-electron chi connectivity index (χ4n) is 3.64. The zero-order valence-corrected chi connectivity index (χ0v) is 15.3. The molecule has 3 aliphatic rings. The Morgan fingerprint density at radius 2 is 2.04 bits per heavy atom. The molecule has 1 saturated carbocycles. The Labute approximate surface area is 149 Å². The number of nitrogens with zero attached hydrogens (tertiary/aromatic N) is 3. The Kier molecular flexibility index (Phi) is 4.01. The van der Waals surface area contributed by atoms with Crippen LogP contribution in [0.5, 0.6) is 5.75 Å². The van der Waals surface area contributed by atoms with Crippen molar-refractivity contribution in [3.63, 3.8) is 0 Å². The maximum Gasteiger partial charge on any atom is 0.410 e. The summed E-state index contributed by atoms with van der Waals surface area (Å²) in [5, 5.41) is 0. The number of carbonyl (C=O) groups excluding carboxylic acids is 1. The highest BCUT2D eigenvalue weighted by atomic mass is 16.6. The normalized spacial score (nSPS) is 27.6. The van der Waals surface area contributed by atoms with Gasteiger partial charge in [-0.1, -0.05) is 0 Å². The molecule has 1 aromatic rings. The lowest BCUT2D eigenvalue weighted by Gasteiger charge is -2.41. The van der Waals surface area contributed by atoms with Gasteiger partial charge in [0.05, 0.1) is 24.1 Å². The zero-order valence-electron chi connectivity index (χ0n) is 15.3. The summed E-state index contributed by atoms with van der Waals surface area (Å²) >= 11 is 0. The molecule has 1 aliphatic carbocycles. The second-order valence-electron chi connectivity index (χ2n) is 8.47. The quantitative estimate of drug-likeness (QED) is 0.840. The molecule has 136 valence electrons. The number of pyridine rings is 1. The van der Waals surface area contributed by atoms with E-state index < -0.39 is 5.60 Å². The van der Waals surface area contributed by atoms with Gasteiger partial charge in [0.25, 0.3) is 0 Å². The SMILES string of the molecule is CC(C)(C)OC(=O)N1CC[C@H]1COc1cncc(N2CC3CC3C2)c1. The Bertz CT molecular complexity index is 648. The van der Waals surface area contributed by atoms with Crippen molar-refractivity contribution in [3.8, 4) is 5.75 Å². The van der Waals surface area contributed by atoms with E-state index in [4.69, 9.17) is 9.47 Å². The number of likely N-dealkylation sites (tertiary alicyclic amines) is 1. The van der Waals surface area contributed by atoms with Crippen LogP contribution in [0.1, 0.15) is 33.6 Å². The largest absolute Gasteiger partial charge is 0.490 e. The van der Waals surface area contributed by atoms with Gasteiger partial charge in [-0.3, -0.25) is 4.98 Å². The van der Waals surface area contributed by atoms with Gasteiger partial charge in [0.15, 0.2) is 0 Å². The van der Waals surface area contributed by atoms with Gasteiger partial charge in [0.2, 0.25) is 0 Å². The van der Waals surface area contributed by atoms with E-state index in [1.165, 1.54) is 6.42 Å². The Morgan fingerprint density at radius 1 is 1.28 bits per heavy atom. The van der Waals surface area contributed by atoms with Crippen molar-refractivity contribution >= 4 is 11.8 Å². The molecule has 0 aromatic carbocycles. The van der Waals surface area contributed by atoms with E-state index in [1.807, 2.05) is 27.0 Å². The standard InChI is InChI=1S/C19H27N3O3/c1-19(2,3)25-18(23)22-5-4-15(22)12-24-17-7-16(8-20-9-17)21-10-13-6-14(13)11-21/h7-9,13-15H,4-6,10-12H2,1-3H3/t13?,14?,15-/m0/s1. The molecular weight excluding hydrogens is 318 g/mol. The minimum Gasteiger partial charge on any atom is -0.490 e. The van der Waals surface area contributed by atoms with Crippen LogP contribution in [0.4, 0.5) is 10.5 Å². The molecule has 0 bridgehead atoms. The zero-order chi connectivity index (χ0) is 17.6. The summed E-state index contributed by atoms with van der Waals surface area (Å²) in [6.07, 6.45) is 5.74. The highest BCUT2D eigenvalue weighted by Gasteiger charge is 2.45. The van der Waals surface area contributed by atoms with Crippen LogP contribution in [-0.4, -0.2) is 53.9 Å². The molecule has 3 fully saturated rings. The first kappa shape index (κ1) is 16.5. The third kappa shape index (κ3) is 3.67. The fraction of sp³-hybridized carbons (Fsp3) is 0.684. The first-order chi connectivity index (χ1) is 11.9. The third-order valence-electron chi connectivity index (χ3n) is 5.26. The van der Waals surface area contributed by atoms with Crippen LogP contribution < -0.4 is 9.64 Å². The summed E-state index contributed by atoms with van der Waals surface area (Å²) in [6.45, 7) is 9.16. The molecule has 2 saturated heterocycles. The molecule has 2 unspecified atom stereocenters. The van der Waals surface area contributed by atoms with Gasteiger partial charge < -0.3 is 19.3 Å². The smallest absolute Gasteiger partial charge is 0.410 e. The topological polar surface area (TPSA) is 54.9 Å². The molecule has 0 N–H and O–H groups in total. The third-order valence-corrected chi connectivity index (χ3v) is 5.26. The summed E-state index contributed by atoms with van der Waals surface area (Å²) < 4.78 is 11.4. The van der Waals surface area contributed by atoms with Crippen LogP contribution in [0.25, 0.3) is 0 Å². The van der Waals surface area contributed by atoms with Crippen LogP contribution in [0.15, 0.2) is 18.5 Å². The number of amides is 1. The monoisotopic (exact) mass is 345 g/mol. The first-order valence-electron chi connectivity index (χ1n) is 9.21. The minimum atomic E-state index is -0.466. The average Bonchev–Trinajstić information content (AvgIpc) is 3.10. The van der Waals surface area contributed by atoms with Crippen LogP contribution in [0.3, 0.4) is 0 Å². The Morgan fingerprint density at radius 3 is 2.68 bits per heavy atom. The molecule has 0 radical (unpaired) electrons. The molecule has 1 amide bonds. The lowest BCUT2D eigenvalue weighted by molar-refractivity contribution is -0.0141. The minimum absolute atomic E-state index is 0.0814. The molecular formula is C19H27N3O3. The fourth-order valence-corrected chi connectivity index (χ4v) is 3.64. The number of anilines is 1. The van der Waals surface area contributed by atoms with Gasteiger partial charge in [-0.2, -0.15) is 0 Å². The predicted octanol–water partition coefficient (Wildman–Crippen LogP) is 2.93. The van der Waals surface area contributed by atoms with Gasteiger partial charge in [0, 0.05) is 25.7 Å². The molecule has 1 aromatic heterocycles. The summed E-state index contributed by atoms with van der Waals surface area (Å²) in [5.74, 6) is 2.55. The van der Waals surface area contributed by atoms with E-state index >= 15 is 0 Å². The lowest BCUT2D eigenvalue weighted by Crippen LogP contribution is -2.55. The van der Waals surface area contributed by atoms with Crippen molar-refractivity contribution in [3.05, 3.63) is 18.5 Å². The number of piperidine rings is 1. The number of ether oxygens (including phenoxy) is 2. The van der Waals surface area contributed by atoms with Gasteiger partial charge in [-0.25, -0.2) is 4.79 Å². The van der Waals surface area contributed by atoms with E-state index in [1.54, 1.807) is 11.1 Å². The van der Waals surface area contributed by atoms with Crippen LogP contribution >= 0.6 is 0 Å². The summed E-state index contributed by atoms with van der Waals surface area (Å²) in [7, 11) is 0. The molecule has 6 heteroatoms. The summed E-state index contributed by atoms with van der Waals surface area (Å²) in [5.41, 5.74) is 0.676. The molecule has 3 atom stereocenters. The van der Waals surface area contributed by atoms with E-state index in [2.05, 4.69) is 16.0 Å². The summed E-state index contributed by atoms with van der Waals surface area (Å²) in [6, 6.07) is 2.15. The number of aromatic nitrogens is 1. The number of hydrogen-bond donors (Lipinski definition) is 0. The molecule has 4 rings (SSSR count). The van der Waals surface area contributed by atoms with E-state index in [-0.39, 0.29) is 12.1 Å². The van der Waals surface area contributed by atoms with Crippen LogP contribution in [0.2, 0.25) is 0 Å². The molecule has 3 heterocycles. The second kappa shape index (κ2) is 6.07. The van der Waals surface area contributed by atoms with E-state index in [0.29, 0.717) is 6.61 Å². The van der Waals surface area contributed by atoms with E-state index in [0.717, 1.165) is 49.3 Å².